The molecule has 1 unspecified atom stereocenters. The van der Waals surface area contributed by atoms with Gasteiger partial charge in [0.25, 0.3) is 0 Å². The summed E-state index contributed by atoms with van der Waals surface area (Å²) in [6.07, 6.45) is 3.09. The van der Waals surface area contributed by atoms with E-state index >= 15 is 0 Å². The van der Waals surface area contributed by atoms with Gasteiger partial charge in [-0.2, -0.15) is 0 Å². The van der Waals surface area contributed by atoms with E-state index in [1.807, 2.05) is 7.05 Å². The zero-order valence-electron chi connectivity index (χ0n) is 10.6. The van der Waals surface area contributed by atoms with Crippen LogP contribution in [0.3, 0.4) is 0 Å². The quantitative estimate of drug-likeness (QED) is 0.784. The Kier molecular flexibility index (Phi) is 4.31. The van der Waals surface area contributed by atoms with Crippen LogP contribution in [0.1, 0.15) is 36.4 Å². The molecule has 18 heavy (non-hydrogen) atoms. The summed E-state index contributed by atoms with van der Waals surface area (Å²) in [6, 6.07) is 4.88. The highest BCUT2D eigenvalue weighted by molar-refractivity contribution is 5.76. The number of hydrogen-bond acceptors (Lipinski definition) is 2. The van der Waals surface area contributed by atoms with Gasteiger partial charge in [-0.1, -0.05) is 6.07 Å². The maximum Gasteiger partial charge on any atom is 0.220 e. The fourth-order valence-electron chi connectivity index (χ4n) is 2.43. The van der Waals surface area contributed by atoms with E-state index in [9.17, 15) is 9.18 Å². The minimum Gasteiger partial charge on any atom is -0.349 e. The van der Waals surface area contributed by atoms with Crippen molar-refractivity contribution >= 4 is 5.91 Å². The molecule has 0 bridgehead atoms. The minimum atomic E-state index is -0.199. The summed E-state index contributed by atoms with van der Waals surface area (Å²) >= 11 is 0. The molecule has 3 nitrogen and oxygen atoms in total. The van der Waals surface area contributed by atoms with E-state index in [-0.39, 0.29) is 17.8 Å². The Bertz CT molecular complexity index is 434. The van der Waals surface area contributed by atoms with Crippen LogP contribution in [0.4, 0.5) is 4.39 Å². The topological polar surface area (TPSA) is 41.1 Å². The molecule has 98 valence electrons. The number of hydrogen-bond donors (Lipinski definition) is 2. The van der Waals surface area contributed by atoms with Crippen LogP contribution in [0.2, 0.25) is 0 Å². The van der Waals surface area contributed by atoms with E-state index in [2.05, 4.69) is 10.6 Å². The summed E-state index contributed by atoms with van der Waals surface area (Å²) < 4.78 is 13.1. The largest absolute Gasteiger partial charge is 0.349 e. The van der Waals surface area contributed by atoms with Crippen LogP contribution in [0, 0.1) is 5.82 Å². The number of nitrogens with one attached hydrogen (secondary N) is 2. The Balaban J connectivity index is 1.91. The van der Waals surface area contributed by atoms with E-state index in [1.54, 1.807) is 12.1 Å². The Morgan fingerprint density at radius 3 is 3.11 bits per heavy atom. The molecule has 1 aliphatic rings. The molecule has 0 heterocycles. The number of halogens is 1. The smallest absolute Gasteiger partial charge is 0.220 e. The molecular formula is C14H19FN2O. The molecule has 1 atom stereocenters. The zero-order valence-corrected chi connectivity index (χ0v) is 10.6. The predicted octanol–water partition coefficient (Wildman–Crippen LogP) is 1.93. The van der Waals surface area contributed by atoms with Gasteiger partial charge in [0.15, 0.2) is 0 Å². The summed E-state index contributed by atoms with van der Waals surface area (Å²) in [5.41, 5.74) is 2.09. The summed E-state index contributed by atoms with van der Waals surface area (Å²) in [4.78, 5) is 11.7. The Morgan fingerprint density at radius 2 is 2.33 bits per heavy atom. The number of benzene rings is 1. The second kappa shape index (κ2) is 5.96. The lowest BCUT2D eigenvalue weighted by molar-refractivity contribution is -0.121. The van der Waals surface area contributed by atoms with Gasteiger partial charge in [0.1, 0.15) is 5.82 Å². The molecule has 0 saturated heterocycles. The van der Waals surface area contributed by atoms with Gasteiger partial charge in [0, 0.05) is 6.42 Å². The fourth-order valence-corrected chi connectivity index (χ4v) is 2.43. The fraction of sp³-hybridized carbons (Fsp3) is 0.500. The van der Waals surface area contributed by atoms with E-state index in [0.29, 0.717) is 6.42 Å². The van der Waals surface area contributed by atoms with E-state index < -0.39 is 0 Å². The molecule has 0 saturated carbocycles. The van der Waals surface area contributed by atoms with Crippen LogP contribution in [-0.2, 0) is 11.2 Å². The number of fused-ring (bicyclic) bond motifs is 1. The number of carbonyl (C=O) groups excluding carboxylic acids is 1. The third-order valence-electron chi connectivity index (χ3n) is 3.35. The average Bonchev–Trinajstić information content (AvgIpc) is 2.72. The highest BCUT2D eigenvalue weighted by atomic mass is 19.1. The Morgan fingerprint density at radius 1 is 1.50 bits per heavy atom. The molecule has 0 fully saturated rings. The van der Waals surface area contributed by atoms with Gasteiger partial charge in [-0.25, -0.2) is 4.39 Å². The van der Waals surface area contributed by atoms with Crippen molar-refractivity contribution < 1.29 is 9.18 Å². The van der Waals surface area contributed by atoms with Crippen LogP contribution in [-0.4, -0.2) is 19.5 Å². The molecule has 0 spiro atoms. The SMILES string of the molecule is CNCCCC(=O)NC1CCc2cc(F)ccc21. The lowest BCUT2D eigenvalue weighted by Gasteiger charge is -2.14. The van der Waals surface area contributed by atoms with E-state index in [1.165, 1.54) is 6.07 Å². The van der Waals surface area contributed by atoms with Crippen LogP contribution < -0.4 is 10.6 Å². The van der Waals surface area contributed by atoms with Crippen molar-refractivity contribution in [2.75, 3.05) is 13.6 Å². The van der Waals surface area contributed by atoms with Gasteiger partial charge in [-0.3, -0.25) is 4.79 Å². The molecule has 4 heteroatoms. The van der Waals surface area contributed by atoms with Gasteiger partial charge < -0.3 is 10.6 Å². The Hall–Kier alpha value is -1.42. The summed E-state index contributed by atoms with van der Waals surface area (Å²) in [7, 11) is 1.87. The number of carbonyl (C=O) groups is 1. The minimum absolute atomic E-state index is 0.0580. The third-order valence-corrected chi connectivity index (χ3v) is 3.35. The van der Waals surface area contributed by atoms with Gasteiger partial charge >= 0.3 is 0 Å². The molecule has 1 aliphatic carbocycles. The van der Waals surface area contributed by atoms with E-state index in [0.717, 1.165) is 36.9 Å². The van der Waals surface area contributed by atoms with Crippen LogP contribution >= 0.6 is 0 Å². The first-order valence-electron chi connectivity index (χ1n) is 6.43. The molecule has 1 amide bonds. The van der Waals surface area contributed by atoms with Gasteiger partial charge in [-0.05, 0) is 56.1 Å². The van der Waals surface area contributed by atoms with Gasteiger partial charge in [-0.15, -0.1) is 0 Å². The van der Waals surface area contributed by atoms with E-state index in [4.69, 9.17) is 0 Å². The number of amides is 1. The molecule has 2 rings (SSSR count). The lowest BCUT2D eigenvalue weighted by Crippen LogP contribution is -2.27. The second-order valence-electron chi connectivity index (χ2n) is 4.71. The summed E-state index contributed by atoms with van der Waals surface area (Å²) in [5.74, 6) is -0.123. The standard InChI is InChI=1S/C14H19FN2O/c1-16-8-2-3-14(18)17-13-7-4-10-9-11(15)5-6-12(10)13/h5-6,9,13,16H,2-4,7-8H2,1H3,(H,17,18). The highest BCUT2D eigenvalue weighted by Crippen LogP contribution is 2.31. The number of rotatable bonds is 5. The van der Waals surface area contributed by atoms with Crippen LogP contribution in [0.25, 0.3) is 0 Å². The maximum absolute atomic E-state index is 13.1. The molecule has 0 aliphatic heterocycles. The van der Waals surface area contributed by atoms with Crippen molar-refractivity contribution in [3.8, 4) is 0 Å². The molecule has 1 aromatic rings. The van der Waals surface area contributed by atoms with Crippen molar-refractivity contribution in [2.45, 2.75) is 31.7 Å². The normalized spacial score (nSPS) is 17.6. The monoisotopic (exact) mass is 250 g/mol. The highest BCUT2D eigenvalue weighted by Gasteiger charge is 2.23. The second-order valence-corrected chi connectivity index (χ2v) is 4.71. The van der Waals surface area contributed by atoms with Gasteiger partial charge in [0.2, 0.25) is 5.91 Å². The molecule has 2 N–H and O–H groups in total. The zero-order chi connectivity index (χ0) is 13.0. The van der Waals surface area contributed by atoms with Crippen molar-refractivity contribution in [3.05, 3.63) is 35.1 Å². The lowest BCUT2D eigenvalue weighted by atomic mass is 10.1. The summed E-state index contributed by atoms with van der Waals surface area (Å²) in [5, 5.41) is 6.04. The molecule has 0 radical (unpaired) electrons. The average molecular weight is 250 g/mol. The first kappa shape index (κ1) is 13.0. The molecular weight excluding hydrogens is 231 g/mol. The van der Waals surface area contributed by atoms with Crippen molar-refractivity contribution in [1.82, 2.24) is 10.6 Å². The first-order chi connectivity index (χ1) is 8.70. The van der Waals surface area contributed by atoms with Crippen LogP contribution in [0.5, 0.6) is 0 Å². The third kappa shape index (κ3) is 3.07. The molecule has 1 aromatic carbocycles. The Labute approximate surface area is 107 Å². The van der Waals surface area contributed by atoms with Crippen LogP contribution in [0.15, 0.2) is 18.2 Å². The van der Waals surface area contributed by atoms with Crippen molar-refractivity contribution in [2.24, 2.45) is 0 Å². The number of aryl methyl sites for hydroxylation is 1. The van der Waals surface area contributed by atoms with Gasteiger partial charge in [0.05, 0.1) is 6.04 Å². The van der Waals surface area contributed by atoms with Crippen molar-refractivity contribution in [3.63, 3.8) is 0 Å². The first-order valence-corrected chi connectivity index (χ1v) is 6.43. The van der Waals surface area contributed by atoms with Crippen molar-refractivity contribution in [1.29, 1.82) is 0 Å². The predicted molar refractivity (Wildman–Crippen MR) is 68.8 cm³/mol. The summed E-state index contributed by atoms with van der Waals surface area (Å²) in [6.45, 7) is 0.847. The maximum atomic E-state index is 13.1. The molecule has 0 aromatic heterocycles.